The first-order valence-electron chi connectivity index (χ1n) is 8.87. The highest BCUT2D eigenvalue weighted by molar-refractivity contribution is 8.00. The van der Waals surface area contributed by atoms with E-state index in [1.807, 2.05) is 0 Å². The molecule has 0 saturated heterocycles. The van der Waals surface area contributed by atoms with Crippen molar-refractivity contribution < 1.29 is 19.1 Å². The van der Waals surface area contributed by atoms with Gasteiger partial charge in [-0.3, -0.25) is 9.59 Å². The molecule has 2 atom stereocenters. The molecule has 0 bridgehead atoms. The first-order valence-corrected chi connectivity index (χ1v) is 9.75. The number of carbonyl (C=O) groups is 3. The summed E-state index contributed by atoms with van der Waals surface area (Å²) in [5.41, 5.74) is 0.259. The number of esters is 1. The number of amides is 2. The van der Waals surface area contributed by atoms with Crippen molar-refractivity contribution in [2.24, 2.45) is 0 Å². The van der Waals surface area contributed by atoms with Crippen molar-refractivity contribution in [1.29, 1.82) is 0 Å². The summed E-state index contributed by atoms with van der Waals surface area (Å²) in [5, 5.41) is 5.78. The van der Waals surface area contributed by atoms with E-state index in [9.17, 15) is 14.4 Å². The van der Waals surface area contributed by atoms with Crippen molar-refractivity contribution in [3.63, 3.8) is 0 Å². The molecule has 2 aliphatic carbocycles. The highest BCUT2D eigenvalue weighted by Gasteiger charge is 2.29. The van der Waals surface area contributed by atoms with E-state index in [0.29, 0.717) is 5.03 Å². The molecule has 2 saturated carbocycles. The summed E-state index contributed by atoms with van der Waals surface area (Å²) in [4.78, 5) is 40.8. The van der Waals surface area contributed by atoms with Gasteiger partial charge in [0, 0.05) is 18.3 Å². The van der Waals surface area contributed by atoms with Crippen LogP contribution < -0.4 is 10.6 Å². The van der Waals surface area contributed by atoms with Gasteiger partial charge in [-0.1, -0.05) is 11.8 Å². The minimum Gasteiger partial charge on any atom is -0.449 e. The van der Waals surface area contributed by atoms with Gasteiger partial charge in [-0.05, 0) is 51.7 Å². The van der Waals surface area contributed by atoms with Gasteiger partial charge in [0.2, 0.25) is 5.91 Å². The lowest BCUT2D eigenvalue weighted by atomic mass is 10.3. The molecule has 1 aromatic rings. The molecule has 0 unspecified atom stereocenters. The number of carbonyl (C=O) groups excluding carboxylic acids is 3. The van der Waals surface area contributed by atoms with Crippen LogP contribution >= 0.6 is 11.8 Å². The van der Waals surface area contributed by atoms with E-state index in [2.05, 4.69) is 15.6 Å². The van der Waals surface area contributed by atoms with Gasteiger partial charge in [0.05, 0.1) is 10.8 Å². The summed E-state index contributed by atoms with van der Waals surface area (Å²) in [6, 6.07) is 3.71. The average Bonchev–Trinajstić information content (AvgIpc) is 3.51. The van der Waals surface area contributed by atoms with Gasteiger partial charge < -0.3 is 15.4 Å². The number of thioether (sulfide) groups is 1. The molecule has 2 amide bonds. The minimum atomic E-state index is -0.878. The lowest BCUT2D eigenvalue weighted by molar-refractivity contribution is -0.129. The van der Waals surface area contributed by atoms with E-state index in [4.69, 9.17) is 4.74 Å². The number of ether oxygens (including phenoxy) is 1. The van der Waals surface area contributed by atoms with Crippen molar-refractivity contribution in [2.45, 2.75) is 68.0 Å². The Balaban J connectivity index is 1.60. The molecule has 140 valence electrons. The third-order valence-electron chi connectivity index (χ3n) is 4.15. The summed E-state index contributed by atoms with van der Waals surface area (Å²) in [7, 11) is 0. The third-order valence-corrected chi connectivity index (χ3v) is 5.27. The van der Waals surface area contributed by atoms with Crippen LogP contribution in [0.25, 0.3) is 0 Å². The Kier molecular flexibility index (Phi) is 5.80. The number of hydrogen-bond acceptors (Lipinski definition) is 6. The number of hydrogen-bond donors (Lipinski definition) is 2. The highest BCUT2D eigenvalue weighted by Crippen LogP contribution is 2.27. The average molecular weight is 377 g/mol. The Bertz CT molecular complexity index is 703. The number of rotatable bonds is 8. The number of pyridine rings is 1. The lowest BCUT2D eigenvalue weighted by Gasteiger charge is -2.15. The monoisotopic (exact) mass is 377 g/mol. The van der Waals surface area contributed by atoms with Crippen LogP contribution in [0.3, 0.4) is 0 Å². The van der Waals surface area contributed by atoms with Crippen LogP contribution in [0.4, 0.5) is 0 Å². The van der Waals surface area contributed by atoms with Crippen molar-refractivity contribution in [3.8, 4) is 0 Å². The molecule has 2 fully saturated rings. The Morgan fingerprint density at radius 3 is 2.35 bits per heavy atom. The Labute approximate surface area is 156 Å². The molecule has 7 nitrogen and oxygen atoms in total. The minimum absolute atomic E-state index is 0.0698. The molecule has 8 heteroatoms. The van der Waals surface area contributed by atoms with Crippen LogP contribution in [-0.4, -0.2) is 46.2 Å². The molecule has 26 heavy (non-hydrogen) atoms. The van der Waals surface area contributed by atoms with Crippen LogP contribution in [-0.2, 0) is 14.3 Å². The van der Waals surface area contributed by atoms with E-state index < -0.39 is 12.1 Å². The molecule has 3 rings (SSSR count). The highest BCUT2D eigenvalue weighted by atomic mass is 32.2. The van der Waals surface area contributed by atoms with Crippen LogP contribution in [0.1, 0.15) is 49.9 Å². The van der Waals surface area contributed by atoms with Crippen molar-refractivity contribution in [1.82, 2.24) is 15.6 Å². The van der Waals surface area contributed by atoms with Crippen LogP contribution in [0.2, 0.25) is 0 Å². The van der Waals surface area contributed by atoms with Crippen molar-refractivity contribution in [3.05, 3.63) is 23.9 Å². The maximum atomic E-state index is 12.5. The zero-order valence-electron chi connectivity index (χ0n) is 14.9. The molecule has 1 heterocycles. The molecule has 2 aliphatic rings. The predicted molar refractivity (Wildman–Crippen MR) is 96.8 cm³/mol. The summed E-state index contributed by atoms with van der Waals surface area (Å²) in [6.07, 6.45) is 4.66. The number of nitrogens with zero attached hydrogens (tertiary/aromatic N) is 1. The second-order valence-corrected chi connectivity index (χ2v) is 8.06. The topological polar surface area (TPSA) is 97.4 Å². The second-order valence-electron chi connectivity index (χ2n) is 6.73. The van der Waals surface area contributed by atoms with E-state index in [1.54, 1.807) is 32.2 Å². The third kappa shape index (κ3) is 5.20. The smallest absolute Gasteiger partial charge is 0.341 e. The first kappa shape index (κ1) is 18.7. The van der Waals surface area contributed by atoms with Crippen LogP contribution in [0, 0.1) is 0 Å². The standard InChI is InChI=1S/C18H23N3O4S/c1-10(15(22)20-12-5-6-12)25-18(24)14-4-3-9-19-17(14)26-11(2)16(23)21-13-7-8-13/h3-4,9-13H,5-8H2,1-2H3,(H,20,22)(H,21,23)/t10-,11-/m1/s1. The largest absolute Gasteiger partial charge is 0.449 e. The fourth-order valence-electron chi connectivity index (χ4n) is 2.23. The summed E-state index contributed by atoms with van der Waals surface area (Å²) in [6.45, 7) is 3.32. The normalized spacial score (nSPS) is 18.5. The number of aromatic nitrogens is 1. The Morgan fingerprint density at radius 1 is 1.12 bits per heavy atom. The van der Waals surface area contributed by atoms with Gasteiger partial charge in [0.1, 0.15) is 5.03 Å². The summed E-state index contributed by atoms with van der Waals surface area (Å²) in [5.74, 6) is -0.982. The summed E-state index contributed by atoms with van der Waals surface area (Å²) < 4.78 is 5.28. The fraction of sp³-hybridized carbons (Fsp3) is 0.556. The number of nitrogens with one attached hydrogen (secondary N) is 2. The van der Waals surface area contributed by atoms with Crippen molar-refractivity contribution >= 4 is 29.5 Å². The molecule has 0 spiro atoms. The maximum Gasteiger partial charge on any atom is 0.341 e. The fourth-order valence-corrected chi connectivity index (χ4v) is 3.14. The van der Waals surface area contributed by atoms with E-state index >= 15 is 0 Å². The Morgan fingerprint density at radius 2 is 1.73 bits per heavy atom. The molecule has 1 aromatic heterocycles. The second kappa shape index (κ2) is 8.07. The maximum absolute atomic E-state index is 12.5. The van der Waals surface area contributed by atoms with Gasteiger partial charge in [0.15, 0.2) is 6.10 Å². The van der Waals surface area contributed by atoms with Gasteiger partial charge in [-0.15, -0.1) is 0 Å². The van der Waals surface area contributed by atoms with Crippen molar-refractivity contribution in [2.75, 3.05) is 0 Å². The zero-order chi connectivity index (χ0) is 18.7. The van der Waals surface area contributed by atoms with E-state index in [0.717, 1.165) is 25.7 Å². The molecule has 0 aromatic carbocycles. The van der Waals surface area contributed by atoms with Gasteiger partial charge in [-0.25, -0.2) is 9.78 Å². The zero-order valence-corrected chi connectivity index (χ0v) is 15.7. The van der Waals surface area contributed by atoms with E-state index in [-0.39, 0.29) is 34.7 Å². The predicted octanol–water partition coefficient (Wildman–Crippen LogP) is 1.66. The SMILES string of the molecule is C[C@@H](OC(=O)c1cccnc1S[C@H](C)C(=O)NC1CC1)C(=O)NC1CC1. The van der Waals surface area contributed by atoms with Gasteiger partial charge >= 0.3 is 5.97 Å². The Hall–Kier alpha value is -2.09. The molecule has 0 radical (unpaired) electrons. The molecular weight excluding hydrogens is 354 g/mol. The summed E-state index contributed by atoms with van der Waals surface area (Å²) >= 11 is 1.21. The lowest BCUT2D eigenvalue weighted by Crippen LogP contribution is -2.37. The molecule has 2 N–H and O–H groups in total. The quantitative estimate of drug-likeness (QED) is 0.528. The molecule has 0 aliphatic heterocycles. The van der Waals surface area contributed by atoms with Gasteiger partial charge in [-0.2, -0.15) is 0 Å². The van der Waals surface area contributed by atoms with E-state index in [1.165, 1.54) is 11.8 Å². The van der Waals surface area contributed by atoms with Crippen LogP contribution in [0.5, 0.6) is 0 Å². The van der Waals surface area contributed by atoms with Gasteiger partial charge in [0.25, 0.3) is 5.91 Å². The molecular formula is C18H23N3O4S. The first-order chi connectivity index (χ1) is 12.4. The van der Waals surface area contributed by atoms with Crippen LogP contribution in [0.15, 0.2) is 23.4 Å².